The van der Waals surface area contributed by atoms with Gasteiger partial charge in [0.2, 0.25) is 0 Å². The summed E-state index contributed by atoms with van der Waals surface area (Å²) in [6, 6.07) is 3.91. The molecule has 1 aliphatic heterocycles. The van der Waals surface area contributed by atoms with E-state index in [1.807, 2.05) is 6.92 Å². The molecule has 3 atom stereocenters. The molecule has 40 heavy (non-hydrogen) atoms. The Bertz CT molecular complexity index is 1170. The van der Waals surface area contributed by atoms with Crippen LogP contribution in [0.4, 0.5) is 36.8 Å². The van der Waals surface area contributed by atoms with Crippen LogP contribution in [0.5, 0.6) is 11.5 Å². The first-order chi connectivity index (χ1) is 18.6. The van der Waals surface area contributed by atoms with Gasteiger partial charge in [0.1, 0.15) is 0 Å². The maximum Gasteiger partial charge on any atom is 0.416 e. The van der Waals surface area contributed by atoms with Crippen LogP contribution in [0.2, 0.25) is 0 Å². The third kappa shape index (κ3) is 6.69. The van der Waals surface area contributed by atoms with Crippen LogP contribution in [0.25, 0.3) is 0 Å². The van der Waals surface area contributed by atoms with E-state index in [-0.39, 0.29) is 17.7 Å². The number of alkyl halides is 6. The van der Waals surface area contributed by atoms with Crippen molar-refractivity contribution in [3.8, 4) is 11.5 Å². The maximum atomic E-state index is 13.5. The molecule has 3 rings (SSSR count). The first-order valence-corrected chi connectivity index (χ1v) is 12.8. The molecular formula is C28H34F6N2O4. The Kier molecular flexibility index (Phi) is 9.41. The number of benzene rings is 2. The Balaban J connectivity index is 2.18. The fourth-order valence-electron chi connectivity index (χ4n) is 4.98. The Labute approximate surface area is 229 Å². The molecule has 0 aliphatic carbocycles. The lowest BCUT2D eigenvalue weighted by Gasteiger charge is -2.45. The van der Waals surface area contributed by atoms with Gasteiger partial charge in [0.05, 0.1) is 38.5 Å². The molecular weight excluding hydrogens is 542 g/mol. The van der Waals surface area contributed by atoms with Crippen molar-refractivity contribution in [1.82, 2.24) is 4.90 Å². The fraction of sp³-hybridized carbons (Fsp3) is 0.536. The normalized spacial score (nSPS) is 18.1. The second-order valence-electron chi connectivity index (χ2n) is 10.0. The maximum absolute atomic E-state index is 13.5. The van der Waals surface area contributed by atoms with E-state index in [4.69, 9.17) is 14.2 Å². The molecule has 0 saturated heterocycles. The number of amides is 1. The number of anilines is 1. The summed E-state index contributed by atoms with van der Waals surface area (Å²) in [4.78, 5) is 16.4. The van der Waals surface area contributed by atoms with Crippen molar-refractivity contribution in [2.24, 2.45) is 5.92 Å². The Morgan fingerprint density at radius 3 is 2.00 bits per heavy atom. The van der Waals surface area contributed by atoms with E-state index in [1.54, 1.807) is 12.1 Å². The van der Waals surface area contributed by atoms with Crippen molar-refractivity contribution in [2.75, 3.05) is 32.8 Å². The molecule has 1 heterocycles. The van der Waals surface area contributed by atoms with Crippen LogP contribution >= 0.6 is 0 Å². The van der Waals surface area contributed by atoms with E-state index in [0.29, 0.717) is 48.1 Å². The van der Waals surface area contributed by atoms with Crippen LogP contribution in [0, 0.1) is 5.92 Å². The number of fused-ring (bicyclic) bond motifs is 1. The zero-order valence-electron chi connectivity index (χ0n) is 23.2. The third-order valence-corrected chi connectivity index (χ3v) is 7.29. The molecule has 12 heteroatoms. The molecule has 1 amide bonds. The molecule has 0 bridgehead atoms. The zero-order chi connectivity index (χ0) is 30.0. The lowest BCUT2D eigenvalue weighted by molar-refractivity contribution is -0.143. The summed E-state index contributed by atoms with van der Waals surface area (Å²) in [5.74, 6) is 1.13. The minimum absolute atomic E-state index is 0.0634. The van der Waals surface area contributed by atoms with Crippen LogP contribution < -0.4 is 14.4 Å². The number of hydrogen-bond donors (Lipinski definition) is 0. The van der Waals surface area contributed by atoms with Gasteiger partial charge in [-0.2, -0.15) is 26.3 Å². The second kappa shape index (κ2) is 12.1. The summed E-state index contributed by atoms with van der Waals surface area (Å²) in [6.07, 6.45) is -9.66. The molecule has 2 aromatic rings. The lowest BCUT2D eigenvalue weighted by atomic mass is 9.88. The molecule has 0 N–H and O–H groups in total. The number of halogens is 6. The van der Waals surface area contributed by atoms with Crippen molar-refractivity contribution < 1.29 is 45.3 Å². The van der Waals surface area contributed by atoms with E-state index >= 15 is 0 Å². The van der Waals surface area contributed by atoms with Gasteiger partial charge in [-0.3, -0.25) is 4.90 Å². The smallest absolute Gasteiger partial charge is 0.416 e. The number of hydrogen-bond acceptors (Lipinski definition) is 5. The SMILES string of the molecule is CCC(C)CN1c2cc(OC)c(OC)cc2C(N(Cc2cc(C(F)(F)F)cc(C(F)(F)F)c2)C(=O)OC)CC1C. The summed E-state index contributed by atoms with van der Waals surface area (Å²) < 4.78 is 97.1. The lowest BCUT2D eigenvalue weighted by Crippen LogP contribution is -2.46. The second-order valence-corrected chi connectivity index (χ2v) is 10.0. The summed E-state index contributed by atoms with van der Waals surface area (Å²) >= 11 is 0. The van der Waals surface area contributed by atoms with Gasteiger partial charge < -0.3 is 19.1 Å². The summed E-state index contributed by atoms with van der Waals surface area (Å²) in [6.45, 7) is 6.27. The minimum Gasteiger partial charge on any atom is -0.493 e. The predicted octanol–water partition coefficient (Wildman–Crippen LogP) is 7.70. The van der Waals surface area contributed by atoms with Crippen LogP contribution in [-0.4, -0.2) is 44.9 Å². The van der Waals surface area contributed by atoms with Gasteiger partial charge in [-0.25, -0.2) is 4.79 Å². The van der Waals surface area contributed by atoms with Gasteiger partial charge in [0.15, 0.2) is 11.5 Å². The first-order valence-electron chi connectivity index (χ1n) is 12.8. The van der Waals surface area contributed by atoms with Crippen LogP contribution in [0.1, 0.15) is 61.9 Å². The molecule has 222 valence electrons. The number of ether oxygens (including phenoxy) is 3. The molecule has 6 nitrogen and oxygen atoms in total. The monoisotopic (exact) mass is 576 g/mol. The average molecular weight is 577 g/mol. The van der Waals surface area contributed by atoms with E-state index in [0.717, 1.165) is 24.1 Å². The quantitative estimate of drug-likeness (QED) is 0.302. The number of carbonyl (C=O) groups is 1. The molecule has 2 aromatic carbocycles. The van der Waals surface area contributed by atoms with Crippen molar-refractivity contribution >= 4 is 11.8 Å². The van der Waals surface area contributed by atoms with E-state index in [1.165, 1.54) is 14.2 Å². The number of rotatable bonds is 8. The highest BCUT2D eigenvalue weighted by Crippen LogP contribution is 2.47. The average Bonchev–Trinajstić information content (AvgIpc) is 2.90. The third-order valence-electron chi connectivity index (χ3n) is 7.29. The van der Waals surface area contributed by atoms with E-state index in [2.05, 4.69) is 18.7 Å². The van der Waals surface area contributed by atoms with Gasteiger partial charge in [0.25, 0.3) is 0 Å². The highest BCUT2D eigenvalue weighted by molar-refractivity contribution is 5.71. The number of carbonyl (C=O) groups excluding carboxylic acids is 1. The van der Waals surface area contributed by atoms with Gasteiger partial charge in [-0.1, -0.05) is 20.3 Å². The summed E-state index contributed by atoms with van der Waals surface area (Å²) in [5.41, 5.74) is -1.89. The highest BCUT2D eigenvalue weighted by Gasteiger charge is 2.40. The van der Waals surface area contributed by atoms with Crippen LogP contribution in [0.15, 0.2) is 30.3 Å². The van der Waals surface area contributed by atoms with E-state index < -0.39 is 42.2 Å². The largest absolute Gasteiger partial charge is 0.493 e. The Hall–Kier alpha value is -3.31. The van der Waals surface area contributed by atoms with Crippen molar-refractivity contribution in [1.29, 1.82) is 0 Å². The van der Waals surface area contributed by atoms with Crippen LogP contribution in [-0.2, 0) is 23.6 Å². The molecule has 0 saturated carbocycles. The molecule has 0 aromatic heterocycles. The summed E-state index contributed by atoms with van der Waals surface area (Å²) in [7, 11) is 4.04. The Morgan fingerprint density at radius 1 is 0.975 bits per heavy atom. The summed E-state index contributed by atoms with van der Waals surface area (Å²) in [5, 5.41) is 0. The van der Waals surface area contributed by atoms with Crippen molar-refractivity contribution in [2.45, 2.75) is 64.6 Å². The topological polar surface area (TPSA) is 51.2 Å². The van der Waals surface area contributed by atoms with E-state index in [9.17, 15) is 31.1 Å². The number of methoxy groups -OCH3 is 3. The number of nitrogens with zero attached hydrogens (tertiary/aromatic N) is 2. The van der Waals surface area contributed by atoms with Crippen LogP contribution in [0.3, 0.4) is 0 Å². The predicted molar refractivity (Wildman–Crippen MR) is 138 cm³/mol. The zero-order valence-corrected chi connectivity index (χ0v) is 23.2. The molecule has 0 radical (unpaired) electrons. The highest BCUT2D eigenvalue weighted by atomic mass is 19.4. The Morgan fingerprint density at radius 2 is 1.52 bits per heavy atom. The molecule has 0 fully saturated rings. The standard InChI is InChI=1S/C28H34F6N2O4/c1-7-16(2)14-35-17(3)8-22(21-12-24(38-4)25(39-5)13-23(21)35)36(26(37)40-6)15-18-9-19(27(29,30)31)11-20(10-18)28(32,33)34/h9-13,16-17,22H,7-8,14-15H2,1-6H3. The molecule has 1 aliphatic rings. The van der Waals surface area contributed by atoms with Crippen molar-refractivity contribution in [3.63, 3.8) is 0 Å². The molecule has 3 unspecified atom stereocenters. The van der Waals surface area contributed by atoms with Gasteiger partial charge >= 0.3 is 18.4 Å². The van der Waals surface area contributed by atoms with Gasteiger partial charge in [-0.05, 0) is 49.1 Å². The fourth-order valence-corrected chi connectivity index (χ4v) is 4.98. The first kappa shape index (κ1) is 31.2. The van der Waals surface area contributed by atoms with Crippen molar-refractivity contribution in [3.05, 3.63) is 52.6 Å². The molecule has 0 spiro atoms. The van der Waals surface area contributed by atoms with Gasteiger partial charge in [-0.15, -0.1) is 0 Å². The minimum atomic E-state index is -5.02. The van der Waals surface area contributed by atoms with Gasteiger partial charge in [0, 0.05) is 36.4 Å².